The third-order valence-corrected chi connectivity index (χ3v) is 6.23. The summed E-state index contributed by atoms with van der Waals surface area (Å²) < 4.78 is 76.1. The van der Waals surface area contributed by atoms with Crippen molar-refractivity contribution in [2.75, 3.05) is 7.11 Å². The van der Waals surface area contributed by atoms with Crippen molar-refractivity contribution in [1.82, 2.24) is 4.98 Å². The number of methoxy groups -OCH3 is 1. The van der Waals surface area contributed by atoms with Crippen LogP contribution in [-0.4, -0.2) is 12.1 Å². The maximum Gasteiger partial charge on any atom is 0.417 e. The molecule has 8 heteroatoms. The molecule has 0 bridgehead atoms. The summed E-state index contributed by atoms with van der Waals surface area (Å²) in [5, 5.41) is -0.475. The van der Waals surface area contributed by atoms with Crippen LogP contribution in [0.5, 0.6) is 5.75 Å². The highest BCUT2D eigenvalue weighted by Gasteiger charge is 2.46. The molecule has 1 aromatic heterocycles. The summed E-state index contributed by atoms with van der Waals surface area (Å²) in [7, 11) is 1.32. The van der Waals surface area contributed by atoms with Crippen LogP contribution in [0.25, 0.3) is 10.9 Å². The highest BCUT2D eigenvalue weighted by molar-refractivity contribution is 5.85. The predicted molar refractivity (Wildman–Crippen MR) is 105 cm³/mol. The molecule has 2 unspecified atom stereocenters. The molecule has 1 saturated carbocycles. The van der Waals surface area contributed by atoms with Crippen molar-refractivity contribution in [1.29, 1.82) is 0 Å². The Morgan fingerprint density at radius 1 is 1.10 bits per heavy atom. The molecule has 0 saturated heterocycles. The van der Waals surface area contributed by atoms with Crippen LogP contribution in [0.2, 0.25) is 0 Å². The molecule has 30 heavy (non-hydrogen) atoms. The van der Waals surface area contributed by atoms with Gasteiger partial charge in [0.25, 0.3) is 11.5 Å². The molecule has 0 amide bonds. The topological polar surface area (TPSA) is 42.1 Å². The molecule has 2 atom stereocenters. The zero-order valence-electron chi connectivity index (χ0n) is 17.0. The number of hydrogen-bond acceptors (Lipinski definition) is 2. The first kappa shape index (κ1) is 22.6. The number of alkyl halides is 5. The average molecular weight is 431 g/mol. The summed E-state index contributed by atoms with van der Waals surface area (Å²) in [5.41, 5.74) is -4.68. The summed E-state index contributed by atoms with van der Waals surface area (Å²) >= 11 is 0. The summed E-state index contributed by atoms with van der Waals surface area (Å²) in [6.45, 7) is 2.14. The maximum atomic E-state index is 14.9. The molecule has 0 aliphatic heterocycles. The summed E-state index contributed by atoms with van der Waals surface area (Å²) in [4.78, 5) is 14.5. The molecule has 1 N–H and O–H groups in total. The van der Waals surface area contributed by atoms with Gasteiger partial charge < -0.3 is 9.72 Å². The normalized spacial score (nSPS) is 20.1. The van der Waals surface area contributed by atoms with E-state index in [2.05, 4.69) is 11.9 Å². The number of ether oxygens (including phenoxy) is 1. The molecular formula is C22H26F5NO2. The van der Waals surface area contributed by atoms with Crippen LogP contribution in [0, 0.1) is 11.8 Å². The molecule has 0 spiro atoms. The second kappa shape index (κ2) is 8.55. The molecule has 166 valence electrons. The van der Waals surface area contributed by atoms with Gasteiger partial charge in [-0.1, -0.05) is 39.0 Å². The number of aromatic nitrogens is 1. The standard InChI is InChI=1S/C22H26F5NO2/c1-13-6-5-8-14(13)7-3-4-11-21(23,24)19-18(22(25,26)27)16-10-9-15(30-2)12-17(16)28-20(19)29/h9-10,12-14H,3-8,11H2,1-2H3,(H,28,29). The van der Waals surface area contributed by atoms with Crippen LogP contribution in [-0.2, 0) is 12.1 Å². The van der Waals surface area contributed by atoms with Crippen LogP contribution >= 0.6 is 0 Å². The molecule has 0 radical (unpaired) electrons. The number of nitrogens with one attached hydrogen (secondary N) is 1. The van der Waals surface area contributed by atoms with E-state index < -0.39 is 40.6 Å². The van der Waals surface area contributed by atoms with E-state index in [-0.39, 0.29) is 17.7 Å². The van der Waals surface area contributed by atoms with Gasteiger partial charge in [0.1, 0.15) is 5.75 Å². The van der Waals surface area contributed by atoms with Crippen molar-refractivity contribution in [2.45, 2.75) is 64.0 Å². The number of fused-ring (bicyclic) bond motifs is 1. The fourth-order valence-electron chi connectivity index (χ4n) is 4.58. The monoisotopic (exact) mass is 431 g/mol. The maximum absolute atomic E-state index is 14.9. The molecular weight excluding hydrogens is 405 g/mol. The van der Waals surface area contributed by atoms with Crippen LogP contribution in [0.1, 0.15) is 63.0 Å². The highest BCUT2D eigenvalue weighted by atomic mass is 19.4. The van der Waals surface area contributed by atoms with Gasteiger partial charge in [-0.2, -0.15) is 13.2 Å². The lowest BCUT2D eigenvalue weighted by Gasteiger charge is -2.22. The first-order chi connectivity index (χ1) is 14.0. The SMILES string of the molecule is COc1ccc2c(C(F)(F)F)c(C(F)(F)CCCCC3CCCC3C)c(=O)[nH]c2c1. The number of halogens is 5. The predicted octanol–water partition coefficient (Wildman–Crippen LogP) is 6.64. The zero-order valence-corrected chi connectivity index (χ0v) is 17.0. The summed E-state index contributed by atoms with van der Waals surface area (Å²) in [5.74, 6) is -2.62. The third-order valence-electron chi connectivity index (χ3n) is 6.23. The first-order valence-electron chi connectivity index (χ1n) is 10.2. The smallest absolute Gasteiger partial charge is 0.417 e. The minimum atomic E-state index is -5.10. The second-order valence-electron chi connectivity index (χ2n) is 8.23. The number of aromatic amines is 1. The average Bonchev–Trinajstić information content (AvgIpc) is 3.07. The molecule has 1 heterocycles. The molecule has 3 nitrogen and oxygen atoms in total. The molecule has 1 aromatic carbocycles. The number of benzene rings is 1. The van der Waals surface area contributed by atoms with E-state index >= 15 is 0 Å². The number of pyridine rings is 1. The lowest BCUT2D eigenvalue weighted by atomic mass is 9.90. The Labute approximate surface area is 171 Å². The molecule has 1 fully saturated rings. The third kappa shape index (κ3) is 4.62. The minimum absolute atomic E-state index is 0.0631. The van der Waals surface area contributed by atoms with Gasteiger partial charge in [-0.05, 0) is 30.4 Å². The first-order valence-corrected chi connectivity index (χ1v) is 10.2. The lowest BCUT2D eigenvalue weighted by molar-refractivity contribution is -0.141. The second-order valence-corrected chi connectivity index (χ2v) is 8.23. The van der Waals surface area contributed by atoms with Crippen molar-refractivity contribution in [3.05, 3.63) is 39.7 Å². The van der Waals surface area contributed by atoms with Gasteiger partial charge in [0.15, 0.2) is 0 Å². The highest BCUT2D eigenvalue weighted by Crippen LogP contribution is 2.44. The fourth-order valence-corrected chi connectivity index (χ4v) is 4.58. The van der Waals surface area contributed by atoms with Crippen LogP contribution < -0.4 is 10.3 Å². The lowest BCUT2D eigenvalue weighted by Crippen LogP contribution is -2.30. The quantitative estimate of drug-likeness (QED) is 0.394. The number of rotatable bonds is 7. The van der Waals surface area contributed by atoms with E-state index in [1.165, 1.54) is 19.2 Å². The van der Waals surface area contributed by atoms with Gasteiger partial charge in [-0.25, -0.2) is 8.78 Å². The number of H-pyrrole nitrogens is 1. The number of hydrogen-bond donors (Lipinski definition) is 1. The van der Waals surface area contributed by atoms with Gasteiger partial charge in [0.05, 0.1) is 23.8 Å². The van der Waals surface area contributed by atoms with Crippen LogP contribution in [0.15, 0.2) is 23.0 Å². The molecule has 1 aliphatic carbocycles. The largest absolute Gasteiger partial charge is 0.497 e. The van der Waals surface area contributed by atoms with Crippen LogP contribution in [0.4, 0.5) is 22.0 Å². The Balaban J connectivity index is 1.90. The van der Waals surface area contributed by atoms with Crippen molar-refractivity contribution < 1.29 is 26.7 Å². The van der Waals surface area contributed by atoms with E-state index in [9.17, 15) is 26.7 Å². The molecule has 3 rings (SSSR count). The minimum Gasteiger partial charge on any atom is -0.497 e. The van der Waals surface area contributed by atoms with Crippen molar-refractivity contribution in [2.24, 2.45) is 11.8 Å². The van der Waals surface area contributed by atoms with E-state index in [0.717, 1.165) is 31.7 Å². The van der Waals surface area contributed by atoms with Crippen LogP contribution in [0.3, 0.4) is 0 Å². The Bertz CT molecular complexity index is 951. The Hall–Kier alpha value is -2.12. The Kier molecular flexibility index (Phi) is 6.43. The Morgan fingerprint density at radius 2 is 1.83 bits per heavy atom. The van der Waals surface area contributed by atoms with Gasteiger partial charge in [0.2, 0.25) is 0 Å². The van der Waals surface area contributed by atoms with Crippen molar-refractivity contribution in [3.8, 4) is 5.75 Å². The van der Waals surface area contributed by atoms with Gasteiger partial charge in [0, 0.05) is 17.9 Å². The van der Waals surface area contributed by atoms with Gasteiger partial charge in [-0.15, -0.1) is 0 Å². The van der Waals surface area contributed by atoms with E-state index in [4.69, 9.17) is 4.74 Å². The fraction of sp³-hybridized carbons (Fsp3) is 0.591. The van der Waals surface area contributed by atoms with E-state index in [1.807, 2.05) is 0 Å². The molecule has 2 aromatic rings. The van der Waals surface area contributed by atoms with E-state index in [1.54, 1.807) is 0 Å². The number of unbranched alkanes of at least 4 members (excludes halogenated alkanes) is 1. The van der Waals surface area contributed by atoms with Crippen molar-refractivity contribution in [3.63, 3.8) is 0 Å². The van der Waals surface area contributed by atoms with Gasteiger partial charge in [-0.3, -0.25) is 4.79 Å². The summed E-state index contributed by atoms with van der Waals surface area (Å²) in [6, 6.07) is 3.49. The van der Waals surface area contributed by atoms with E-state index in [0.29, 0.717) is 18.3 Å². The van der Waals surface area contributed by atoms with Gasteiger partial charge >= 0.3 is 6.18 Å². The summed E-state index contributed by atoms with van der Waals surface area (Å²) in [6.07, 6.45) is -1.19. The Morgan fingerprint density at radius 3 is 2.43 bits per heavy atom. The molecule has 1 aliphatic rings. The van der Waals surface area contributed by atoms with Crippen molar-refractivity contribution >= 4 is 10.9 Å². The zero-order chi connectivity index (χ0) is 22.1.